The van der Waals surface area contributed by atoms with E-state index in [1.54, 1.807) is 18.2 Å². The van der Waals surface area contributed by atoms with Crippen molar-refractivity contribution in [1.82, 2.24) is 0 Å². The molecule has 0 aliphatic heterocycles. The first-order valence-corrected chi connectivity index (χ1v) is 5.66. The number of carbonyl (C=O) groups is 1. The van der Waals surface area contributed by atoms with Gasteiger partial charge in [-0.25, -0.2) is 0 Å². The Morgan fingerprint density at radius 1 is 1.11 bits per heavy atom. The van der Waals surface area contributed by atoms with Crippen LogP contribution >= 0.6 is 0 Å². The van der Waals surface area contributed by atoms with E-state index in [0.29, 0.717) is 30.3 Å². The average Bonchev–Trinajstić information content (AvgIpc) is 2.34. The molecule has 0 aliphatic carbocycles. The van der Waals surface area contributed by atoms with Crippen LogP contribution in [0.25, 0.3) is 0 Å². The molecule has 0 unspecified atom stereocenters. The molecule has 0 spiro atoms. The zero-order valence-corrected chi connectivity index (χ0v) is 10.9. The maximum absolute atomic E-state index is 10.7. The largest absolute Gasteiger partial charge is 0.485 e. The van der Waals surface area contributed by atoms with Gasteiger partial charge in [0.25, 0.3) is 0 Å². The number of hydrogen-bond donors (Lipinski definition) is 0. The fraction of sp³-hybridized carbons (Fsp3) is 0.267. The predicted octanol–water partition coefficient (Wildman–Crippen LogP) is 3.41. The van der Waals surface area contributed by atoms with Gasteiger partial charge in [-0.2, -0.15) is 0 Å². The molecule has 0 aliphatic rings. The standard InChI is InChI=1S/C15H18O3/c1-11(2)9-17-14-6-5-13(8-16)7-15(14)18-10-12(3)4/h5-8H,1,3,9-10H2,2,4H3. The van der Waals surface area contributed by atoms with Gasteiger partial charge in [0.15, 0.2) is 11.5 Å². The molecule has 96 valence electrons. The third-order valence-corrected chi connectivity index (χ3v) is 2.05. The van der Waals surface area contributed by atoms with Crippen LogP contribution < -0.4 is 9.47 Å². The number of aldehydes is 1. The summed E-state index contributed by atoms with van der Waals surface area (Å²) < 4.78 is 11.1. The monoisotopic (exact) mass is 246 g/mol. The van der Waals surface area contributed by atoms with E-state index in [9.17, 15) is 4.79 Å². The quantitative estimate of drug-likeness (QED) is 0.546. The summed E-state index contributed by atoms with van der Waals surface area (Å²) >= 11 is 0. The highest BCUT2D eigenvalue weighted by Crippen LogP contribution is 2.28. The molecule has 0 heterocycles. The number of carbonyl (C=O) groups excluding carboxylic acids is 1. The number of hydrogen-bond acceptors (Lipinski definition) is 3. The first kappa shape index (κ1) is 14.0. The molecule has 3 nitrogen and oxygen atoms in total. The van der Waals surface area contributed by atoms with Crippen molar-refractivity contribution < 1.29 is 14.3 Å². The second-order valence-electron chi connectivity index (χ2n) is 4.32. The molecule has 1 rings (SSSR count). The van der Waals surface area contributed by atoms with Crippen molar-refractivity contribution >= 4 is 6.29 Å². The zero-order valence-electron chi connectivity index (χ0n) is 10.9. The molecule has 3 heteroatoms. The van der Waals surface area contributed by atoms with Gasteiger partial charge >= 0.3 is 0 Å². The summed E-state index contributed by atoms with van der Waals surface area (Å²) in [6.07, 6.45) is 0.774. The third-order valence-electron chi connectivity index (χ3n) is 2.05. The van der Waals surface area contributed by atoms with Crippen LogP contribution in [0.1, 0.15) is 24.2 Å². The lowest BCUT2D eigenvalue weighted by atomic mass is 10.2. The predicted molar refractivity (Wildman–Crippen MR) is 72.4 cm³/mol. The molecule has 18 heavy (non-hydrogen) atoms. The van der Waals surface area contributed by atoms with Crippen molar-refractivity contribution in [3.05, 3.63) is 48.1 Å². The fourth-order valence-electron chi connectivity index (χ4n) is 1.23. The maximum atomic E-state index is 10.7. The van der Waals surface area contributed by atoms with Gasteiger partial charge in [0.05, 0.1) is 0 Å². The molecule has 0 bridgehead atoms. The summed E-state index contributed by atoms with van der Waals surface area (Å²) in [6.45, 7) is 12.1. The van der Waals surface area contributed by atoms with Crippen molar-refractivity contribution in [3.8, 4) is 11.5 Å². The highest BCUT2D eigenvalue weighted by molar-refractivity contribution is 5.76. The molecule has 1 aromatic rings. The lowest BCUT2D eigenvalue weighted by molar-refractivity contribution is 0.112. The Morgan fingerprint density at radius 2 is 1.67 bits per heavy atom. The Labute approximate surface area is 108 Å². The SMILES string of the molecule is C=C(C)COc1ccc(C=O)cc1OCC(=C)C. The topological polar surface area (TPSA) is 35.5 Å². The maximum Gasteiger partial charge on any atom is 0.162 e. The van der Waals surface area contributed by atoms with Crippen LogP contribution in [0.2, 0.25) is 0 Å². The average molecular weight is 246 g/mol. The molecule has 0 fully saturated rings. The smallest absolute Gasteiger partial charge is 0.162 e. The van der Waals surface area contributed by atoms with Crippen molar-refractivity contribution in [3.63, 3.8) is 0 Å². The van der Waals surface area contributed by atoms with Gasteiger partial charge in [-0.05, 0) is 43.2 Å². The molecule has 0 N–H and O–H groups in total. The van der Waals surface area contributed by atoms with Crippen molar-refractivity contribution in [2.24, 2.45) is 0 Å². The number of benzene rings is 1. The normalized spacial score (nSPS) is 9.67. The van der Waals surface area contributed by atoms with Gasteiger partial charge < -0.3 is 9.47 Å². The molecular weight excluding hydrogens is 228 g/mol. The Kier molecular flexibility index (Phi) is 5.18. The van der Waals surface area contributed by atoms with Gasteiger partial charge in [0.2, 0.25) is 0 Å². The Hall–Kier alpha value is -2.03. The lowest BCUT2D eigenvalue weighted by Crippen LogP contribution is -2.03. The highest BCUT2D eigenvalue weighted by atomic mass is 16.5. The summed E-state index contributed by atoms with van der Waals surface area (Å²) in [5.74, 6) is 1.15. The van der Waals surface area contributed by atoms with E-state index in [0.717, 1.165) is 17.4 Å². The van der Waals surface area contributed by atoms with E-state index in [4.69, 9.17) is 9.47 Å². The summed E-state index contributed by atoms with van der Waals surface area (Å²) in [4.78, 5) is 10.7. The van der Waals surface area contributed by atoms with E-state index in [2.05, 4.69) is 13.2 Å². The van der Waals surface area contributed by atoms with Gasteiger partial charge in [-0.3, -0.25) is 4.79 Å². The molecule has 1 aromatic carbocycles. The number of ether oxygens (including phenoxy) is 2. The van der Waals surface area contributed by atoms with Crippen LogP contribution in [0.15, 0.2) is 42.5 Å². The van der Waals surface area contributed by atoms with E-state index < -0.39 is 0 Å². The van der Waals surface area contributed by atoms with Crippen LogP contribution in [0.5, 0.6) is 11.5 Å². The molecule has 0 saturated carbocycles. The van der Waals surface area contributed by atoms with E-state index in [-0.39, 0.29) is 0 Å². The van der Waals surface area contributed by atoms with Crippen molar-refractivity contribution in [2.45, 2.75) is 13.8 Å². The van der Waals surface area contributed by atoms with Gasteiger partial charge in [0.1, 0.15) is 19.5 Å². The Morgan fingerprint density at radius 3 is 2.17 bits per heavy atom. The Balaban J connectivity index is 2.88. The summed E-state index contributed by atoms with van der Waals surface area (Å²) in [5.41, 5.74) is 2.37. The van der Waals surface area contributed by atoms with Gasteiger partial charge in [0, 0.05) is 5.56 Å². The van der Waals surface area contributed by atoms with Gasteiger partial charge in [-0.1, -0.05) is 13.2 Å². The molecule has 0 amide bonds. The second kappa shape index (κ2) is 6.64. The van der Waals surface area contributed by atoms with Crippen LogP contribution in [0.3, 0.4) is 0 Å². The summed E-state index contributed by atoms with van der Waals surface area (Å²) in [7, 11) is 0. The Bertz CT molecular complexity index is 461. The minimum atomic E-state index is 0.395. The van der Waals surface area contributed by atoms with Crippen LogP contribution in [0, 0.1) is 0 Å². The minimum Gasteiger partial charge on any atom is -0.485 e. The van der Waals surface area contributed by atoms with E-state index in [1.807, 2.05) is 13.8 Å². The number of rotatable bonds is 7. The van der Waals surface area contributed by atoms with Crippen LogP contribution in [-0.4, -0.2) is 19.5 Å². The minimum absolute atomic E-state index is 0.395. The van der Waals surface area contributed by atoms with Crippen molar-refractivity contribution in [1.29, 1.82) is 0 Å². The molecule has 0 saturated heterocycles. The van der Waals surface area contributed by atoms with Crippen LogP contribution in [0.4, 0.5) is 0 Å². The molecule has 0 atom stereocenters. The summed E-state index contributed by atoms with van der Waals surface area (Å²) in [5, 5.41) is 0. The molecular formula is C15H18O3. The molecule has 0 radical (unpaired) electrons. The van der Waals surface area contributed by atoms with Crippen LogP contribution in [-0.2, 0) is 0 Å². The lowest BCUT2D eigenvalue weighted by Gasteiger charge is -2.13. The molecule has 0 aromatic heterocycles. The highest BCUT2D eigenvalue weighted by Gasteiger charge is 2.07. The fourth-order valence-corrected chi connectivity index (χ4v) is 1.23. The zero-order chi connectivity index (χ0) is 13.5. The van der Waals surface area contributed by atoms with E-state index >= 15 is 0 Å². The van der Waals surface area contributed by atoms with Crippen molar-refractivity contribution in [2.75, 3.05) is 13.2 Å². The first-order valence-electron chi connectivity index (χ1n) is 5.66. The first-order chi connectivity index (χ1) is 8.52. The second-order valence-corrected chi connectivity index (χ2v) is 4.32. The van der Waals surface area contributed by atoms with E-state index in [1.165, 1.54) is 0 Å². The van der Waals surface area contributed by atoms with Gasteiger partial charge in [-0.15, -0.1) is 0 Å². The summed E-state index contributed by atoms with van der Waals surface area (Å²) in [6, 6.07) is 5.07. The third kappa shape index (κ3) is 4.45.